The van der Waals surface area contributed by atoms with E-state index in [0.717, 1.165) is 48.9 Å². The maximum absolute atomic E-state index is 5.32. The van der Waals surface area contributed by atoms with Crippen LogP contribution in [-0.4, -0.2) is 31.4 Å². The van der Waals surface area contributed by atoms with Crippen molar-refractivity contribution in [2.75, 3.05) is 6.54 Å². The third kappa shape index (κ3) is 3.11. The van der Waals surface area contributed by atoms with Crippen LogP contribution in [0.2, 0.25) is 0 Å². The normalized spacial score (nSPS) is 17.1. The van der Waals surface area contributed by atoms with E-state index in [-0.39, 0.29) is 0 Å². The Bertz CT molecular complexity index is 780. The number of nitrogens with one attached hydrogen (secondary N) is 1. The first-order chi connectivity index (χ1) is 11.8. The van der Waals surface area contributed by atoms with E-state index in [1.165, 1.54) is 0 Å². The van der Waals surface area contributed by atoms with Crippen molar-refractivity contribution in [3.05, 3.63) is 35.1 Å². The van der Waals surface area contributed by atoms with Crippen LogP contribution in [0.25, 0.3) is 10.7 Å². The van der Waals surface area contributed by atoms with E-state index in [1.54, 1.807) is 11.3 Å². The Morgan fingerprint density at radius 3 is 3.21 bits per heavy atom. The molecule has 0 aromatic carbocycles. The molecular weight excluding hydrogens is 324 g/mol. The zero-order chi connectivity index (χ0) is 16.4. The Balaban J connectivity index is 1.30. The van der Waals surface area contributed by atoms with Crippen molar-refractivity contribution in [2.24, 2.45) is 5.92 Å². The molecule has 0 spiro atoms. The molecule has 1 atom stereocenters. The highest BCUT2D eigenvalue weighted by Gasteiger charge is 2.22. The number of rotatable bonds is 6. The summed E-state index contributed by atoms with van der Waals surface area (Å²) in [5.74, 6) is 4.10. The van der Waals surface area contributed by atoms with Crippen molar-refractivity contribution < 1.29 is 4.52 Å². The van der Waals surface area contributed by atoms with Crippen LogP contribution < -0.4 is 5.32 Å². The molecule has 0 saturated heterocycles. The summed E-state index contributed by atoms with van der Waals surface area (Å²) in [5, 5.41) is 18.0. The molecule has 24 heavy (non-hydrogen) atoms. The first-order valence-corrected chi connectivity index (χ1v) is 9.19. The molecule has 0 aliphatic carbocycles. The lowest BCUT2D eigenvalue weighted by molar-refractivity contribution is 0.324. The minimum Gasteiger partial charge on any atom is -0.338 e. The van der Waals surface area contributed by atoms with Crippen LogP contribution in [0.15, 0.2) is 22.0 Å². The highest BCUT2D eigenvalue weighted by molar-refractivity contribution is 7.13. The second-order valence-corrected chi connectivity index (χ2v) is 6.97. The van der Waals surface area contributed by atoms with Crippen molar-refractivity contribution in [1.29, 1.82) is 0 Å². The predicted octanol–water partition coefficient (Wildman–Crippen LogP) is 2.30. The van der Waals surface area contributed by atoms with Gasteiger partial charge in [0.05, 0.1) is 11.4 Å². The molecule has 0 radical (unpaired) electrons. The second-order valence-electron chi connectivity index (χ2n) is 6.02. The Hall–Kier alpha value is -2.06. The molecule has 126 valence electrons. The largest absolute Gasteiger partial charge is 0.338 e. The van der Waals surface area contributed by atoms with Gasteiger partial charge in [-0.3, -0.25) is 0 Å². The van der Waals surface area contributed by atoms with E-state index in [4.69, 9.17) is 4.52 Å². The van der Waals surface area contributed by atoms with Crippen LogP contribution >= 0.6 is 11.3 Å². The fourth-order valence-corrected chi connectivity index (χ4v) is 3.74. The number of hydrogen-bond donors (Lipinski definition) is 1. The first-order valence-electron chi connectivity index (χ1n) is 8.31. The molecule has 4 heterocycles. The van der Waals surface area contributed by atoms with Gasteiger partial charge in [-0.1, -0.05) is 18.1 Å². The van der Waals surface area contributed by atoms with Crippen LogP contribution in [0.5, 0.6) is 0 Å². The molecule has 0 saturated carbocycles. The number of aromatic nitrogens is 5. The molecule has 8 heteroatoms. The maximum Gasteiger partial charge on any atom is 0.240 e. The summed E-state index contributed by atoms with van der Waals surface area (Å²) >= 11 is 1.61. The molecule has 0 bridgehead atoms. The third-order valence-electron chi connectivity index (χ3n) is 4.36. The predicted molar refractivity (Wildman–Crippen MR) is 90.5 cm³/mol. The fourth-order valence-electron chi connectivity index (χ4n) is 3.09. The van der Waals surface area contributed by atoms with Crippen molar-refractivity contribution in [3.8, 4) is 10.7 Å². The van der Waals surface area contributed by atoms with Crippen molar-refractivity contribution in [1.82, 2.24) is 30.2 Å². The van der Waals surface area contributed by atoms with Gasteiger partial charge in [-0.25, -0.2) is 0 Å². The molecule has 1 aliphatic heterocycles. The molecule has 4 rings (SSSR count). The van der Waals surface area contributed by atoms with Crippen LogP contribution in [-0.2, 0) is 25.9 Å². The lowest BCUT2D eigenvalue weighted by Crippen LogP contribution is -2.30. The van der Waals surface area contributed by atoms with Crippen molar-refractivity contribution >= 4 is 11.3 Å². The smallest absolute Gasteiger partial charge is 0.240 e. The lowest BCUT2D eigenvalue weighted by Gasteiger charge is -2.24. The van der Waals surface area contributed by atoms with Gasteiger partial charge in [-0.05, 0) is 23.8 Å². The summed E-state index contributed by atoms with van der Waals surface area (Å²) in [4.78, 5) is 5.47. The maximum atomic E-state index is 5.32. The van der Waals surface area contributed by atoms with Crippen LogP contribution in [0, 0.1) is 5.92 Å². The molecule has 3 aromatic rings. The van der Waals surface area contributed by atoms with Gasteiger partial charge < -0.3 is 14.4 Å². The summed E-state index contributed by atoms with van der Waals surface area (Å²) in [5.41, 5.74) is 0. The molecular formula is C16H20N6OS. The molecule has 1 N–H and O–H groups in total. The summed E-state index contributed by atoms with van der Waals surface area (Å²) in [6, 6.07) is 3.98. The summed E-state index contributed by atoms with van der Waals surface area (Å²) in [6.45, 7) is 4.64. The SMILES string of the molecule is CCc1nnc2n1C[C@H](CNCc1nc(-c3cccs3)no1)CC2. The van der Waals surface area contributed by atoms with Crippen LogP contribution in [0.3, 0.4) is 0 Å². The minimum atomic E-state index is 0.582. The van der Waals surface area contributed by atoms with Crippen molar-refractivity contribution in [2.45, 2.75) is 39.3 Å². The third-order valence-corrected chi connectivity index (χ3v) is 5.22. The zero-order valence-electron chi connectivity index (χ0n) is 13.6. The summed E-state index contributed by atoms with van der Waals surface area (Å²) < 4.78 is 7.59. The summed E-state index contributed by atoms with van der Waals surface area (Å²) in [6.07, 6.45) is 3.07. The highest BCUT2D eigenvalue weighted by Crippen LogP contribution is 2.22. The molecule has 0 fully saturated rings. The molecule has 7 nitrogen and oxygen atoms in total. The number of nitrogens with zero attached hydrogens (tertiary/aromatic N) is 5. The Morgan fingerprint density at radius 1 is 1.42 bits per heavy atom. The Labute approximate surface area is 144 Å². The van der Waals surface area contributed by atoms with Gasteiger partial charge in [-0.2, -0.15) is 4.98 Å². The topological polar surface area (TPSA) is 81.7 Å². The van der Waals surface area contributed by atoms with Gasteiger partial charge in [0.25, 0.3) is 0 Å². The molecule has 1 aliphatic rings. The average molecular weight is 344 g/mol. The van der Waals surface area contributed by atoms with Gasteiger partial charge in [0, 0.05) is 25.9 Å². The van der Waals surface area contributed by atoms with Gasteiger partial charge in [-0.15, -0.1) is 21.5 Å². The minimum absolute atomic E-state index is 0.582. The average Bonchev–Trinajstić information content (AvgIpc) is 3.34. The quantitative estimate of drug-likeness (QED) is 0.739. The van der Waals surface area contributed by atoms with E-state index in [2.05, 4.69) is 37.1 Å². The monoisotopic (exact) mass is 344 g/mol. The second kappa shape index (κ2) is 6.82. The van der Waals surface area contributed by atoms with Crippen LogP contribution in [0.1, 0.15) is 30.9 Å². The van der Waals surface area contributed by atoms with Gasteiger partial charge >= 0.3 is 0 Å². The van der Waals surface area contributed by atoms with Gasteiger partial charge in [0.1, 0.15) is 11.6 Å². The van der Waals surface area contributed by atoms with E-state index >= 15 is 0 Å². The molecule has 0 unspecified atom stereocenters. The number of fused-ring (bicyclic) bond motifs is 1. The van der Waals surface area contributed by atoms with E-state index < -0.39 is 0 Å². The standard InChI is InChI=1S/C16H20N6OS/c1-2-13-19-20-14-6-5-11(10-22(13)14)8-17-9-15-18-16(21-23-15)12-4-3-7-24-12/h3-4,7,11,17H,2,5-6,8-10H2,1H3/t11-/m0/s1. The van der Waals surface area contributed by atoms with Crippen molar-refractivity contribution in [3.63, 3.8) is 0 Å². The number of thiophene rings is 1. The van der Waals surface area contributed by atoms with E-state index in [0.29, 0.717) is 24.2 Å². The Kier molecular flexibility index (Phi) is 4.40. The molecule has 3 aromatic heterocycles. The fraction of sp³-hybridized carbons (Fsp3) is 0.500. The summed E-state index contributed by atoms with van der Waals surface area (Å²) in [7, 11) is 0. The highest BCUT2D eigenvalue weighted by atomic mass is 32.1. The number of hydrogen-bond acceptors (Lipinski definition) is 7. The van der Waals surface area contributed by atoms with E-state index in [1.807, 2.05) is 17.5 Å². The zero-order valence-corrected chi connectivity index (χ0v) is 14.4. The first kappa shape index (κ1) is 15.5. The Morgan fingerprint density at radius 2 is 2.38 bits per heavy atom. The van der Waals surface area contributed by atoms with Gasteiger partial charge in [0.15, 0.2) is 0 Å². The lowest BCUT2D eigenvalue weighted by atomic mass is 9.99. The number of aryl methyl sites for hydroxylation is 2. The molecule has 0 amide bonds. The van der Waals surface area contributed by atoms with E-state index in [9.17, 15) is 0 Å². The van der Waals surface area contributed by atoms with Crippen LogP contribution in [0.4, 0.5) is 0 Å². The van der Waals surface area contributed by atoms with Gasteiger partial charge in [0.2, 0.25) is 11.7 Å².